The number of hydrogen-bond donors (Lipinski definition) is 0. The van der Waals surface area contributed by atoms with Gasteiger partial charge in [0.25, 0.3) is 11.8 Å². The zero-order valence-corrected chi connectivity index (χ0v) is 17.9. The minimum atomic E-state index is -1.13. The van der Waals surface area contributed by atoms with Crippen LogP contribution in [0.15, 0.2) is 65.3 Å². The van der Waals surface area contributed by atoms with E-state index < -0.39 is 4.87 Å². The molecule has 1 spiro atoms. The fourth-order valence-corrected chi connectivity index (χ4v) is 5.78. The molecule has 0 aliphatic carbocycles. The zero-order chi connectivity index (χ0) is 20.9. The van der Waals surface area contributed by atoms with E-state index in [1.807, 2.05) is 43.3 Å². The van der Waals surface area contributed by atoms with Gasteiger partial charge in [-0.2, -0.15) is 0 Å². The maximum Gasteiger partial charge on any atom is 0.291 e. The Bertz CT molecular complexity index is 1130. The van der Waals surface area contributed by atoms with Crippen molar-refractivity contribution in [1.29, 1.82) is 0 Å². The molecule has 0 saturated carbocycles. The van der Waals surface area contributed by atoms with Crippen molar-refractivity contribution in [3.05, 3.63) is 88.3 Å². The van der Waals surface area contributed by atoms with Gasteiger partial charge in [-0.3, -0.25) is 9.59 Å². The van der Waals surface area contributed by atoms with E-state index in [2.05, 4.69) is 0 Å². The van der Waals surface area contributed by atoms with Crippen molar-refractivity contribution in [3.63, 3.8) is 0 Å². The van der Waals surface area contributed by atoms with Crippen LogP contribution in [0.4, 0.5) is 5.69 Å². The second kappa shape index (κ2) is 7.22. The largest absolute Gasteiger partial charge is 0.459 e. The number of halogens is 1. The van der Waals surface area contributed by atoms with Crippen LogP contribution in [0.2, 0.25) is 5.02 Å². The molecule has 2 aliphatic rings. The fraction of sp³-hybridized carbons (Fsp3) is 0.217. The van der Waals surface area contributed by atoms with Crippen molar-refractivity contribution in [1.82, 2.24) is 4.90 Å². The van der Waals surface area contributed by atoms with E-state index in [1.54, 1.807) is 28.0 Å². The van der Waals surface area contributed by atoms with Crippen molar-refractivity contribution in [2.75, 3.05) is 17.2 Å². The Kier molecular flexibility index (Phi) is 4.64. The Morgan fingerprint density at radius 1 is 1.20 bits per heavy atom. The highest BCUT2D eigenvalue weighted by Crippen LogP contribution is 2.55. The minimum absolute atomic E-state index is 0.122. The maximum absolute atomic E-state index is 13.9. The second-order valence-corrected chi connectivity index (χ2v) is 9.19. The number of nitrogens with zero attached hydrogens (tertiary/aromatic N) is 2. The van der Waals surface area contributed by atoms with E-state index in [0.717, 1.165) is 22.4 Å². The molecule has 7 heteroatoms. The number of rotatable bonds is 3. The lowest BCUT2D eigenvalue weighted by atomic mass is 10.1. The van der Waals surface area contributed by atoms with E-state index in [4.69, 9.17) is 16.0 Å². The number of amides is 2. The van der Waals surface area contributed by atoms with Gasteiger partial charge in [-0.05, 0) is 42.8 Å². The highest BCUT2D eigenvalue weighted by Gasteiger charge is 2.59. The molecule has 1 fully saturated rings. The SMILES string of the molecule is Cc1ccc(CN2C(=O)[C@@]3(SCCN3C(=O)c3ccco3)c3cc(Cl)ccc32)cc1. The summed E-state index contributed by atoms with van der Waals surface area (Å²) in [7, 11) is 0. The smallest absolute Gasteiger partial charge is 0.291 e. The molecule has 0 radical (unpaired) electrons. The fourth-order valence-electron chi connectivity index (χ4n) is 4.15. The minimum Gasteiger partial charge on any atom is -0.459 e. The van der Waals surface area contributed by atoms with Gasteiger partial charge < -0.3 is 14.2 Å². The molecular formula is C23H19ClN2O3S. The first-order chi connectivity index (χ1) is 14.5. The van der Waals surface area contributed by atoms with Crippen LogP contribution < -0.4 is 4.90 Å². The van der Waals surface area contributed by atoms with Crippen LogP contribution >= 0.6 is 23.4 Å². The van der Waals surface area contributed by atoms with Gasteiger partial charge in [-0.15, -0.1) is 11.8 Å². The van der Waals surface area contributed by atoms with Crippen LogP contribution in [0.25, 0.3) is 0 Å². The molecule has 30 heavy (non-hydrogen) atoms. The van der Waals surface area contributed by atoms with Gasteiger partial charge in [0, 0.05) is 22.9 Å². The molecular weight excluding hydrogens is 420 g/mol. The average Bonchev–Trinajstić information content (AvgIpc) is 3.47. The van der Waals surface area contributed by atoms with Crippen LogP contribution in [0.3, 0.4) is 0 Å². The number of carbonyl (C=O) groups excluding carboxylic acids is 2. The third-order valence-corrected chi connectivity index (χ3v) is 7.25. The molecule has 2 aliphatic heterocycles. The van der Waals surface area contributed by atoms with Crippen LogP contribution in [0.5, 0.6) is 0 Å². The normalized spacial score (nSPS) is 20.3. The van der Waals surface area contributed by atoms with Crippen LogP contribution in [-0.2, 0) is 16.2 Å². The summed E-state index contributed by atoms with van der Waals surface area (Å²) in [6.07, 6.45) is 1.47. The summed E-state index contributed by atoms with van der Waals surface area (Å²) in [6.45, 7) is 2.92. The van der Waals surface area contributed by atoms with Crippen molar-refractivity contribution in [2.45, 2.75) is 18.3 Å². The summed E-state index contributed by atoms with van der Waals surface area (Å²) in [4.78, 5) is 29.4. The van der Waals surface area contributed by atoms with E-state index in [1.165, 1.54) is 18.0 Å². The molecule has 3 heterocycles. The van der Waals surface area contributed by atoms with Gasteiger partial charge in [0.2, 0.25) is 0 Å². The third-order valence-electron chi connectivity index (χ3n) is 5.59. The summed E-state index contributed by atoms with van der Waals surface area (Å²) in [6, 6.07) is 16.9. The molecule has 0 bridgehead atoms. The number of carbonyl (C=O) groups is 2. The number of aryl methyl sites for hydroxylation is 1. The summed E-state index contributed by atoms with van der Waals surface area (Å²) in [5.41, 5.74) is 3.74. The Labute approximate surface area is 183 Å². The summed E-state index contributed by atoms with van der Waals surface area (Å²) in [5.74, 6) is 0.470. The highest BCUT2D eigenvalue weighted by molar-refractivity contribution is 8.01. The quantitative estimate of drug-likeness (QED) is 0.587. The lowest BCUT2D eigenvalue weighted by molar-refractivity contribution is -0.123. The summed E-state index contributed by atoms with van der Waals surface area (Å²) >= 11 is 7.80. The first-order valence-corrected chi connectivity index (χ1v) is 11.0. The van der Waals surface area contributed by atoms with Gasteiger partial charge in [0.15, 0.2) is 10.6 Å². The Morgan fingerprint density at radius 2 is 2.00 bits per heavy atom. The molecule has 2 aromatic carbocycles. The molecule has 3 aromatic rings. The van der Waals surface area contributed by atoms with Gasteiger partial charge in [0.05, 0.1) is 18.5 Å². The molecule has 5 nitrogen and oxygen atoms in total. The lowest BCUT2D eigenvalue weighted by Gasteiger charge is -2.32. The van der Waals surface area contributed by atoms with E-state index in [9.17, 15) is 9.59 Å². The number of hydrogen-bond acceptors (Lipinski definition) is 4. The van der Waals surface area contributed by atoms with Gasteiger partial charge >= 0.3 is 0 Å². The van der Waals surface area contributed by atoms with Gasteiger partial charge in [-0.1, -0.05) is 41.4 Å². The standard InChI is InChI=1S/C23H19ClN2O3S/c1-15-4-6-16(7-5-15)14-25-19-9-8-17(24)13-18(19)23(22(25)28)26(10-12-30-23)21(27)20-3-2-11-29-20/h2-9,11,13H,10,12,14H2,1H3/t23-/m0/s1. The van der Waals surface area contributed by atoms with Crippen LogP contribution in [-0.4, -0.2) is 29.0 Å². The Balaban J connectivity index is 1.60. The van der Waals surface area contributed by atoms with Crippen molar-refractivity contribution < 1.29 is 14.0 Å². The lowest BCUT2D eigenvalue weighted by Crippen LogP contribution is -2.50. The molecule has 1 saturated heterocycles. The predicted molar refractivity (Wildman–Crippen MR) is 118 cm³/mol. The van der Waals surface area contributed by atoms with Crippen molar-refractivity contribution in [2.24, 2.45) is 0 Å². The van der Waals surface area contributed by atoms with Crippen molar-refractivity contribution >= 4 is 40.9 Å². The topological polar surface area (TPSA) is 53.8 Å². The third kappa shape index (κ3) is 2.86. The van der Waals surface area contributed by atoms with Crippen LogP contribution in [0.1, 0.15) is 27.2 Å². The molecule has 0 unspecified atom stereocenters. The summed E-state index contributed by atoms with van der Waals surface area (Å²) in [5, 5.41) is 0.538. The molecule has 152 valence electrons. The Morgan fingerprint density at radius 3 is 2.73 bits per heavy atom. The first-order valence-electron chi connectivity index (χ1n) is 9.68. The number of anilines is 1. The molecule has 1 aromatic heterocycles. The Hall–Kier alpha value is -2.70. The second-order valence-electron chi connectivity index (χ2n) is 7.46. The van der Waals surface area contributed by atoms with E-state index in [-0.39, 0.29) is 17.6 Å². The van der Waals surface area contributed by atoms with Crippen LogP contribution in [0, 0.1) is 6.92 Å². The number of fused-ring (bicyclic) bond motifs is 2. The number of benzene rings is 2. The highest BCUT2D eigenvalue weighted by atomic mass is 35.5. The average molecular weight is 439 g/mol. The monoisotopic (exact) mass is 438 g/mol. The van der Waals surface area contributed by atoms with Gasteiger partial charge in [0.1, 0.15) is 0 Å². The van der Waals surface area contributed by atoms with E-state index in [0.29, 0.717) is 23.9 Å². The number of thioether (sulfide) groups is 1. The zero-order valence-electron chi connectivity index (χ0n) is 16.3. The predicted octanol–water partition coefficient (Wildman–Crippen LogP) is 4.83. The van der Waals surface area contributed by atoms with Crippen molar-refractivity contribution in [3.8, 4) is 0 Å². The molecule has 0 N–H and O–H groups in total. The molecule has 5 rings (SSSR count). The maximum atomic E-state index is 13.9. The molecule has 1 atom stereocenters. The van der Waals surface area contributed by atoms with Gasteiger partial charge in [-0.25, -0.2) is 0 Å². The molecule has 2 amide bonds. The van der Waals surface area contributed by atoms with E-state index >= 15 is 0 Å². The number of furan rings is 1. The summed E-state index contributed by atoms with van der Waals surface area (Å²) < 4.78 is 5.34. The first kappa shape index (κ1) is 19.3.